The van der Waals surface area contributed by atoms with Gasteiger partial charge in [-0.3, -0.25) is 0 Å². The van der Waals surface area contributed by atoms with E-state index in [0.29, 0.717) is 23.3 Å². The molecule has 0 spiro atoms. The summed E-state index contributed by atoms with van der Waals surface area (Å²) in [5, 5.41) is -6.48. The number of nitrogens with one attached hydrogen (secondary N) is 2. The first-order chi connectivity index (χ1) is 29.4. The van der Waals surface area contributed by atoms with Crippen molar-refractivity contribution in [1.82, 2.24) is 9.97 Å². The molecule has 6 aromatic rings. The number of aryl methyl sites for hydroxylation is 2. The van der Waals surface area contributed by atoms with E-state index < -0.39 is 51.1 Å². The Bertz CT molecular complexity index is 2770. The van der Waals surface area contributed by atoms with Crippen LogP contribution >= 0.6 is 0 Å². The molecule has 0 aliphatic heterocycles. The number of methoxy groups -OCH3 is 1. The molecule has 0 amide bonds. The second-order valence-electron chi connectivity index (χ2n) is 13.4. The number of hydrogen-bond acceptors (Lipinski definition) is 9. The van der Waals surface area contributed by atoms with Crippen molar-refractivity contribution in [3.63, 3.8) is 0 Å². The number of carbonyl (C=O) groups excluding carboxylic acids is 3. The molecule has 0 radical (unpaired) electrons. The van der Waals surface area contributed by atoms with Crippen molar-refractivity contribution < 1.29 is 80.7 Å². The monoisotopic (exact) mass is 912 g/mol. The number of benzene rings is 4. The van der Waals surface area contributed by atoms with Crippen molar-refractivity contribution in [2.24, 2.45) is 0 Å². The van der Waals surface area contributed by atoms with Gasteiger partial charge in [0, 0.05) is 39.3 Å². The third-order valence-electron chi connectivity index (χ3n) is 9.05. The average Bonchev–Trinajstić information content (AvgIpc) is 3.75. The second-order valence-corrected chi connectivity index (χ2v) is 15.0. The van der Waals surface area contributed by atoms with Gasteiger partial charge in [-0.15, -0.1) is 0 Å². The minimum absolute atomic E-state index is 0.0922. The Kier molecular flexibility index (Phi) is 13.7. The Morgan fingerprint density at radius 1 is 0.635 bits per heavy atom. The van der Waals surface area contributed by atoms with Crippen LogP contribution in [0.2, 0.25) is 0 Å². The topological polar surface area (TPSA) is 154 Å². The number of hydrogen-bond donors (Lipinski definition) is 2. The number of H-pyrrole nitrogens is 2. The first-order valence-corrected chi connectivity index (χ1v) is 19.4. The fraction of sp³-hybridized carbons (Fsp3) is 0.214. The summed E-state index contributed by atoms with van der Waals surface area (Å²) >= 11 is 0. The molecule has 0 atom stereocenters. The van der Waals surface area contributed by atoms with Gasteiger partial charge in [0.15, 0.2) is 0 Å². The minimum atomic E-state index is -7.45. The molecule has 334 valence electrons. The highest BCUT2D eigenvalue weighted by atomic mass is 32.2. The van der Waals surface area contributed by atoms with Gasteiger partial charge in [-0.05, 0) is 66.9 Å². The quantitative estimate of drug-likeness (QED) is 0.0379. The van der Waals surface area contributed by atoms with Crippen LogP contribution in [0.3, 0.4) is 0 Å². The van der Waals surface area contributed by atoms with E-state index in [-0.39, 0.29) is 41.3 Å². The smallest absolute Gasteiger partial charge is 0.460 e. The molecule has 0 aliphatic rings. The van der Waals surface area contributed by atoms with Crippen LogP contribution in [0.25, 0.3) is 27.9 Å². The molecule has 2 aromatic heterocycles. The van der Waals surface area contributed by atoms with Gasteiger partial charge in [0.1, 0.15) is 19.0 Å². The van der Waals surface area contributed by atoms with Crippen molar-refractivity contribution in [2.45, 2.75) is 50.3 Å². The standard InChI is InChI=1S/C21H14F9NO5S.C21H19NO4/c1-11-16(17(32)35-10-12-5-3-2-4-6-12)14-9-13(7-8-15(14)31-11)36-37(33,34)21(29,30)19(24,25)18(22,23)20(26,27)28;1-14-20(21(24)26-13-16-6-4-3-5-7-16)17-12-15(8-10-18(17)22-14)9-11-19(23)25-2/h2-9,31H,10H2,1H3;3-12,22H,13H2,1-2H3/b;11-9+. The molecule has 0 unspecified atom stereocenters. The maximum absolute atomic E-state index is 14.0. The van der Waals surface area contributed by atoms with Crippen molar-refractivity contribution in [1.29, 1.82) is 0 Å². The molecule has 4 aromatic carbocycles. The van der Waals surface area contributed by atoms with Crippen LogP contribution in [0, 0.1) is 13.8 Å². The van der Waals surface area contributed by atoms with E-state index in [1.54, 1.807) is 36.4 Å². The van der Waals surface area contributed by atoms with Crippen molar-refractivity contribution >= 4 is 55.9 Å². The zero-order valence-electron chi connectivity index (χ0n) is 32.8. The molecule has 2 heterocycles. The van der Waals surface area contributed by atoms with Crippen LogP contribution in [0.5, 0.6) is 5.75 Å². The number of aromatic nitrogens is 2. The highest BCUT2D eigenvalue weighted by Gasteiger charge is 2.86. The molecular formula is C42H33F9N2O9S. The van der Waals surface area contributed by atoms with Crippen LogP contribution in [-0.2, 0) is 42.3 Å². The summed E-state index contributed by atoms with van der Waals surface area (Å²) < 4.78 is 161. The number of alkyl halides is 9. The van der Waals surface area contributed by atoms with Gasteiger partial charge in [0.2, 0.25) is 0 Å². The predicted molar refractivity (Wildman–Crippen MR) is 209 cm³/mol. The van der Waals surface area contributed by atoms with Crippen LogP contribution in [0.1, 0.15) is 48.8 Å². The maximum Gasteiger partial charge on any atom is 0.460 e. The third-order valence-corrected chi connectivity index (χ3v) is 10.3. The van der Waals surface area contributed by atoms with Gasteiger partial charge in [-0.2, -0.15) is 47.9 Å². The number of carbonyl (C=O) groups is 3. The van der Waals surface area contributed by atoms with Crippen LogP contribution in [0.4, 0.5) is 39.5 Å². The lowest BCUT2D eigenvalue weighted by Gasteiger charge is -2.32. The first-order valence-electron chi connectivity index (χ1n) is 18.0. The predicted octanol–water partition coefficient (Wildman–Crippen LogP) is 9.99. The van der Waals surface area contributed by atoms with Gasteiger partial charge in [-0.25, -0.2) is 14.4 Å². The fourth-order valence-electron chi connectivity index (χ4n) is 5.85. The van der Waals surface area contributed by atoms with Crippen molar-refractivity contribution in [2.75, 3.05) is 7.11 Å². The summed E-state index contributed by atoms with van der Waals surface area (Å²) in [6, 6.07) is 25.6. The lowest BCUT2D eigenvalue weighted by molar-refractivity contribution is -0.382. The number of ether oxygens (including phenoxy) is 3. The number of fused-ring (bicyclic) bond motifs is 2. The zero-order valence-corrected chi connectivity index (χ0v) is 33.6. The largest absolute Gasteiger partial charge is 0.466 e. The Labute approximate surface area is 351 Å². The summed E-state index contributed by atoms with van der Waals surface area (Å²) in [5.41, 5.74) is 4.39. The van der Waals surface area contributed by atoms with Crippen LogP contribution in [-0.4, -0.2) is 66.7 Å². The lowest BCUT2D eigenvalue weighted by Crippen LogP contribution is -2.63. The molecular weight excluding hydrogens is 880 g/mol. The van der Waals surface area contributed by atoms with E-state index in [9.17, 15) is 62.3 Å². The number of rotatable bonds is 13. The average molecular weight is 913 g/mol. The highest BCUT2D eigenvalue weighted by molar-refractivity contribution is 7.88. The SMILES string of the molecule is COC(=O)/C=C/c1ccc2[nH]c(C)c(C(=O)OCc3ccccc3)c2c1.Cc1[nH]c2ccc(OS(=O)(=O)C(F)(F)C(F)(F)C(F)(F)C(F)(F)F)cc2c1C(=O)OCc1ccccc1. The number of halogens is 9. The van der Waals surface area contributed by atoms with Crippen molar-refractivity contribution in [3.05, 3.63) is 142 Å². The van der Waals surface area contributed by atoms with Crippen LogP contribution in [0.15, 0.2) is 103 Å². The Morgan fingerprint density at radius 2 is 1.10 bits per heavy atom. The number of esters is 3. The second kappa shape index (κ2) is 18.3. The summed E-state index contributed by atoms with van der Waals surface area (Å²) in [7, 11) is -5.82. The minimum Gasteiger partial charge on any atom is -0.466 e. The van der Waals surface area contributed by atoms with E-state index in [2.05, 4.69) is 18.9 Å². The Balaban J connectivity index is 0.000000252. The van der Waals surface area contributed by atoms with Gasteiger partial charge in [0.25, 0.3) is 0 Å². The fourth-order valence-corrected chi connectivity index (χ4v) is 6.76. The van der Waals surface area contributed by atoms with E-state index in [4.69, 9.17) is 9.47 Å². The Hall–Kier alpha value is -6.77. The van der Waals surface area contributed by atoms with Crippen LogP contribution < -0.4 is 4.18 Å². The molecule has 0 saturated carbocycles. The summed E-state index contributed by atoms with van der Waals surface area (Å²) in [6.45, 7) is 3.23. The van der Waals surface area contributed by atoms with E-state index in [0.717, 1.165) is 33.8 Å². The molecule has 2 N–H and O–H groups in total. The van der Waals surface area contributed by atoms with E-state index in [1.807, 2.05) is 55.5 Å². The molecule has 11 nitrogen and oxygen atoms in total. The summed E-state index contributed by atoms with van der Waals surface area (Å²) in [6.07, 6.45) is -4.23. The van der Waals surface area contributed by atoms with Gasteiger partial charge in [0.05, 0.1) is 18.2 Å². The van der Waals surface area contributed by atoms with E-state index >= 15 is 0 Å². The molecule has 63 heavy (non-hydrogen) atoms. The normalized spacial score (nSPS) is 12.5. The molecule has 0 aliphatic carbocycles. The third kappa shape index (κ3) is 9.98. The Morgan fingerprint density at radius 3 is 1.56 bits per heavy atom. The van der Waals surface area contributed by atoms with Gasteiger partial charge in [-0.1, -0.05) is 66.7 Å². The van der Waals surface area contributed by atoms with Gasteiger partial charge < -0.3 is 28.4 Å². The molecule has 0 fully saturated rings. The summed E-state index contributed by atoms with van der Waals surface area (Å²) in [4.78, 5) is 42.3. The lowest BCUT2D eigenvalue weighted by atomic mass is 10.1. The molecule has 0 bridgehead atoms. The zero-order chi connectivity index (χ0) is 46.5. The maximum atomic E-state index is 14.0. The molecule has 6 rings (SSSR count). The molecule has 21 heteroatoms. The molecule has 0 saturated heterocycles. The van der Waals surface area contributed by atoms with Gasteiger partial charge >= 0.3 is 51.3 Å². The number of aromatic amines is 2. The van der Waals surface area contributed by atoms with Crippen molar-refractivity contribution in [3.8, 4) is 5.75 Å². The van der Waals surface area contributed by atoms with E-state index in [1.165, 1.54) is 20.1 Å². The summed E-state index contributed by atoms with van der Waals surface area (Å²) in [5.74, 6) is -17.9. The first kappa shape index (κ1) is 47.3. The highest BCUT2D eigenvalue weighted by Crippen LogP contribution is 2.55.